The molecule has 0 spiro atoms. The first-order valence-electron chi connectivity index (χ1n) is 11.0. The molecule has 1 aliphatic rings. The van der Waals surface area contributed by atoms with Crippen LogP contribution in [0.2, 0.25) is 0 Å². The van der Waals surface area contributed by atoms with Crippen molar-refractivity contribution in [3.05, 3.63) is 112 Å². The van der Waals surface area contributed by atoms with Crippen molar-refractivity contribution in [3.63, 3.8) is 0 Å². The fourth-order valence-electron chi connectivity index (χ4n) is 3.88. The molecule has 2 N–H and O–H groups in total. The molecule has 1 atom stereocenters. The highest BCUT2D eigenvalue weighted by Gasteiger charge is 2.33. The van der Waals surface area contributed by atoms with E-state index in [9.17, 15) is 18.4 Å². The second kappa shape index (κ2) is 10.8. The lowest BCUT2D eigenvalue weighted by molar-refractivity contribution is -0.140. The van der Waals surface area contributed by atoms with Gasteiger partial charge < -0.3 is 20.1 Å². The van der Waals surface area contributed by atoms with E-state index in [0.717, 1.165) is 11.3 Å². The average Bonchev–Trinajstić information content (AvgIpc) is 2.86. The molecule has 0 aliphatic carbocycles. The summed E-state index contributed by atoms with van der Waals surface area (Å²) in [5.41, 5.74) is 2.62. The lowest BCUT2D eigenvalue weighted by atomic mass is 9.93. The highest BCUT2D eigenvalue weighted by atomic mass is 19.1. The Hall–Kier alpha value is -4.20. The second-order valence-electron chi connectivity index (χ2n) is 8.03. The molecule has 6 nitrogen and oxygen atoms in total. The van der Waals surface area contributed by atoms with E-state index in [1.807, 2.05) is 24.3 Å². The van der Waals surface area contributed by atoms with E-state index in [1.54, 1.807) is 13.2 Å². The summed E-state index contributed by atoms with van der Waals surface area (Å²) >= 11 is 0. The van der Waals surface area contributed by atoms with E-state index >= 15 is 0 Å². The van der Waals surface area contributed by atoms with Crippen LogP contribution in [-0.2, 0) is 22.6 Å². The first-order valence-corrected chi connectivity index (χ1v) is 11.0. The molecule has 1 unspecified atom stereocenters. The highest BCUT2D eigenvalue weighted by Crippen LogP contribution is 2.30. The number of carbonyl (C=O) groups excluding carboxylic acids is 2. The minimum absolute atomic E-state index is 0.143. The SMILES string of the molecule is COc1ccc(CCC2=C(C(=O)OCc3cccc(F)c3)C(c3ccc(F)cc3)NC(=O)N2)cc1. The summed E-state index contributed by atoms with van der Waals surface area (Å²) < 4.78 is 37.7. The summed E-state index contributed by atoms with van der Waals surface area (Å²) in [4.78, 5) is 25.7. The monoisotopic (exact) mass is 478 g/mol. The Morgan fingerprint density at radius 2 is 1.66 bits per heavy atom. The molecule has 1 aliphatic heterocycles. The van der Waals surface area contributed by atoms with Gasteiger partial charge >= 0.3 is 12.0 Å². The van der Waals surface area contributed by atoms with Crippen molar-refractivity contribution in [1.82, 2.24) is 10.6 Å². The van der Waals surface area contributed by atoms with Crippen LogP contribution in [0.5, 0.6) is 5.75 Å². The van der Waals surface area contributed by atoms with Crippen molar-refractivity contribution in [2.75, 3.05) is 7.11 Å². The van der Waals surface area contributed by atoms with E-state index in [0.29, 0.717) is 29.7 Å². The summed E-state index contributed by atoms with van der Waals surface area (Å²) in [5.74, 6) is -0.816. The van der Waals surface area contributed by atoms with Crippen molar-refractivity contribution in [2.45, 2.75) is 25.5 Å². The van der Waals surface area contributed by atoms with Crippen LogP contribution in [0.1, 0.15) is 29.2 Å². The lowest BCUT2D eigenvalue weighted by Gasteiger charge is -2.29. The first-order chi connectivity index (χ1) is 16.9. The van der Waals surface area contributed by atoms with Crippen LogP contribution in [0.3, 0.4) is 0 Å². The highest BCUT2D eigenvalue weighted by molar-refractivity contribution is 5.95. The van der Waals surface area contributed by atoms with Gasteiger partial charge in [0.25, 0.3) is 0 Å². The normalized spacial score (nSPS) is 15.3. The van der Waals surface area contributed by atoms with Gasteiger partial charge in [0.2, 0.25) is 0 Å². The van der Waals surface area contributed by atoms with Crippen LogP contribution in [0, 0.1) is 11.6 Å². The number of urea groups is 1. The predicted octanol–water partition coefficient (Wildman–Crippen LogP) is 4.96. The molecule has 2 amide bonds. The van der Waals surface area contributed by atoms with E-state index < -0.39 is 29.7 Å². The Labute approximate surface area is 201 Å². The first kappa shape index (κ1) is 23.9. The Morgan fingerprint density at radius 1 is 0.914 bits per heavy atom. The lowest BCUT2D eigenvalue weighted by Crippen LogP contribution is -2.46. The van der Waals surface area contributed by atoms with Crippen molar-refractivity contribution in [3.8, 4) is 5.75 Å². The molecule has 3 aromatic rings. The molecule has 0 saturated carbocycles. The second-order valence-corrected chi connectivity index (χ2v) is 8.03. The molecular formula is C27H24F2N2O4. The number of allylic oxidation sites excluding steroid dienone is 1. The van der Waals surface area contributed by atoms with Crippen LogP contribution in [0.25, 0.3) is 0 Å². The van der Waals surface area contributed by atoms with Crippen molar-refractivity contribution in [1.29, 1.82) is 0 Å². The minimum Gasteiger partial charge on any atom is -0.497 e. The standard InChI is InChI=1S/C27H24F2N2O4/c1-34-22-12-5-17(6-13-22)7-14-23-24(26(32)35-16-18-3-2-4-21(29)15-18)25(31-27(33)30-23)19-8-10-20(28)11-9-19/h2-6,8-13,15,25H,7,14,16H2,1H3,(H2,30,31,33). The maximum atomic E-state index is 13.5. The quantitative estimate of drug-likeness (QED) is 0.449. The number of benzene rings is 3. The number of carbonyl (C=O) groups is 2. The number of methoxy groups -OCH3 is 1. The third-order valence-electron chi connectivity index (χ3n) is 5.66. The molecule has 0 aromatic heterocycles. The van der Waals surface area contributed by atoms with Crippen molar-refractivity contribution in [2.24, 2.45) is 0 Å². The van der Waals surface area contributed by atoms with Crippen LogP contribution < -0.4 is 15.4 Å². The van der Waals surface area contributed by atoms with Gasteiger partial charge in [0.05, 0.1) is 18.7 Å². The maximum absolute atomic E-state index is 13.5. The third-order valence-corrected chi connectivity index (χ3v) is 5.66. The number of esters is 1. The number of rotatable bonds is 8. The molecule has 4 rings (SSSR count). The van der Waals surface area contributed by atoms with E-state index in [4.69, 9.17) is 9.47 Å². The van der Waals surface area contributed by atoms with Crippen LogP contribution in [0.15, 0.2) is 84.1 Å². The minimum atomic E-state index is -0.838. The van der Waals surface area contributed by atoms with Gasteiger partial charge in [-0.15, -0.1) is 0 Å². The topological polar surface area (TPSA) is 76.7 Å². The smallest absolute Gasteiger partial charge is 0.338 e. The number of amides is 2. The van der Waals surface area contributed by atoms with E-state index in [1.165, 1.54) is 42.5 Å². The summed E-state index contributed by atoms with van der Waals surface area (Å²) in [6, 6.07) is 17.5. The van der Waals surface area contributed by atoms with Gasteiger partial charge in [-0.1, -0.05) is 36.4 Å². The van der Waals surface area contributed by atoms with E-state index in [-0.39, 0.29) is 12.2 Å². The molecule has 8 heteroatoms. The largest absolute Gasteiger partial charge is 0.497 e. The Bertz CT molecular complexity index is 1240. The summed E-state index contributed by atoms with van der Waals surface area (Å²) in [6.45, 7) is -0.143. The molecule has 0 radical (unpaired) electrons. The Kier molecular flexibility index (Phi) is 7.40. The van der Waals surface area contributed by atoms with Gasteiger partial charge in [0, 0.05) is 5.70 Å². The Morgan fingerprint density at radius 3 is 2.34 bits per heavy atom. The molecule has 3 aromatic carbocycles. The van der Waals surface area contributed by atoms with Crippen LogP contribution in [-0.4, -0.2) is 19.1 Å². The van der Waals surface area contributed by atoms with Crippen molar-refractivity contribution < 1.29 is 27.8 Å². The van der Waals surface area contributed by atoms with Crippen LogP contribution in [0.4, 0.5) is 13.6 Å². The van der Waals surface area contributed by atoms with E-state index in [2.05, 4.69) is 10.6 Å². The summed E-state index contributed by atoms with van der Waals surface area (Å²) in [5, 5.41) is 5.45. The predicted molar refractivity (Wildman–Crippen MR) is 125 cm³/mol. The van der Waals surface area contributed by atoms with Crippen molar-refractivity contribution >= 4 is 12.0 Å². The summed E-state index contributed by atoms with van der Waals surface area (Å²) in [7, 11) is 1.59. The number of nitrogens with one attached hydrogen (secondary N) is 2. The Balaban J connectivity index is 1.63. The zero-order chi connectivity index (χ0) is 24.8. The number of hydrogen-bond acceptors (Lipinski definition) is 4. The summed E-state index contributed by atoms with van der Waals surface area (Å²) in [6.07, 6.45) is 0.887. The number of hydrogen-bond donors (Lipinski definition) is 2. The molecule has 180 valence electrons. The number of ether oxygens (including phenoxy) is 2. The maximum Gasteiger partial charge on any atom is 0.338 e. The molecule has 0 saturated heterocycles. The fourth-order valence-corrected chi connectivity index (χ4v) is 3.88. The zero-order valence-corrected chi connectivity index (χ0v) is 19.0. The van der Waals surface area contributed by atoms with Gasteiger partial charge in [-0.2, -0.15) is 0 Å². The average molecular weight is 478 g/mol. The molecule has 35 heavy (non-hydrogen) atoms. The molecule has 0 fully saturated rings. The number of halogens is 2. The van der Waals surface area contributed by atoms with Gasteiger partial charge in [0.1, 0.15) is 24.0 Å². The zero-order valence-electron chi connectivity index (χ0n) is 19.0. The van der Waals surface area contributed by atoms with Gasteiger partial charge in [-0.05, 0) is 65.9 Å². The molecular weight excluding hydrogens is 454 g/mol. The van der Waals surface area contributed by atoms with Gasteiger partial charge in [0.15, 0.2) is 0 Å². The molecule has 1 heterocycles. The van der Waals surface area contributed by atoms with Crippen LogP contribution >= 0.6 is 0 Å². The number of aryl methyl sites for hydroxylation is 1. The fraction of sp³-hybridized carbons (Fsp3) is 0.185. The van der Waals surface area contributed by atoms with Gasteiger partial charge in [-0.25, -0.2) is 18.4 Å². The van der Waals surface area contributed by atoms with Gasteiger partial charge in [-0.3, -0.25) is 0 Å². The third kappa shape index (κ3) is 6.03. The molecule has 0 bridgehead atoms.